The highest BCUT2D eigenvalue weighted by molar-refractivity contribution is 9.13. The average molecular weight is 339 g/mol. The number of rotatable bonds is 3. The Balaban J connectivity index is 2.57. The van der Waals surface area contributed by atoms with Gasteiger partial charge in [0, 0.05) is 4.47 Å². The molecule has 0 aliphatic carbocycles. The van der Waals surface area contributed by atoms with Gasteiger partial charge >= 0.3 is 0 Å². The SMILES string of the molecule is C#CCONC(=O)c1cc(Br)c(Br)s1. The van der Waals surface area contributed by atoms with Crippen molar-refractivity contribution in [2.45, 2.75) is 0 Å². The second-order valence-electron chi connectivity index (χ2n) is 2.16. The van der Waals surface area contributed by atoms with Crippen molar-refractivity contribution in [1.82, 2.24) is 5.48 Å². The zero-order chi connectivity index (χ0) is 10.6. The van der Waals surface area contributed by atoms with Crippen LogP contribution in [-0.4, -0.2) is 12.5 Å². The number of carbonyl (C=O) groups is 1. The predicted octanol–water partition coefficient (Wildman–Crippen LogP) is 2.57. The molecule has 0 saturated heterocycles. The summed E-state index contributed by atoms with van der Waals surface area (Å²) in [5, 5.41) is 0. The number of hydrogen-bond donors (Lipinski definition) is 1. The summed E-state index contributed by atoms with van der Waals surface area (Å²) in [6, 6.07) is 1.70. The van der Waals surface area contributed by atoms with Crippen LogP contribution in [0.3, 0.4) is 0 Å². The molecule has 0 aliphatic rings. The maximum Gasteiger partial charge on any atom is 0.285 e. The van der Waals surface area contributed by atoms with E-state index in [4.69, 9.17) is 6.42 Å². The molecule has 14 heavy (non-hydrogen) atoms. The van der Waals surface area contributed by atoms with Gasteiger partial charge in [0.05, 0.1) is 8.66 Å². The van der Waals surface area contributed by atoms with E-state index in [9.17, 15) is 4.79 Å². The van der Waals surface area contributed by atoms with Crippen molar-refractivity contribution >= 4 is 49.1 Å². The standard InChI is InChI=1S/C8H5Br2NO2S/c1-2-3-13-11-8(12)6-4-5(9)7(10)14-6/h1,4H,3H2,(H,11,12). The summed E-state index contributed by atoms with van der Waals surface area (Å²) in [6.45, 7) is 0.0550. The van der Waals surface area contributed by atoms with Gasteiger partial charge in [0.2, 0.25) is 0 Å². The van der Waals surface area contributed by atoms with E-state index in [1.54, 1.807) is 6.07 Å². The number of terminal acetylenes is 1. The van der Waals surface area contributed by atoms with E-state index in [-0.39, 0.29) is 12.5 Å². The first-order valence-corrected chi connectivity index (χ1v) is 5.86. The molecule has 0 atom stereocenters. The molecular formula is C8H5Br2NO2S. The molecule has 0 aliphatic heterocycles. The van der Waals surface area contributed by atoms with Crippen LogP contribution in [-0.2, 0) is 4.84 Å². The molecule has 0 fully saturated rings. The van der Waals surface area contributed by atoms with Crippen LogP contribution in [0.15, 0.2) is 14.3 Å². The summed E-state index contributed by atoms with van der Waals surface area (Å²) in [5.74, 6) is 1.93. The minimum atomic E-state index is -0.309. The summed E-state index contributed by atoms with van der Waals surface area (Å²) in [6.07, 6.45) is 4.94. The van der Waals surface area contributed by atoms with E-state index in [1.165, 1.54) is 11.3 Å². The summed E-state index contributed by atoms with van der Waals surface area (Å²) >= 11 is 7.87. The van der Waals surface area contributed by atoms with E-state index < -0.39 is 0 Å². The molecule has 0 aromatic carbocycles. The van der Waals surface area contributed by atoms with Crippen LogP contribution < -0.4 is 5.48 Å². The smallest absolute Gasteiger partial charge is 0.266 e. The number of carbonyl (C=O) groups excluding carboxylic acids is 1. The molecule has 0 bridgehead atoms. The largest absolute Gasteiger partial charge is 0.285 e. The summed E-state index contributed by atoms with van der Waals surface area (Å²) < 4.78 is 1.70. The van der Waals surface area contributed by atoms with E-state index in [1.807, 2.05) is 0 Å². The maximum absolute atomic E-state index is 11.3. The number of nitrogens with one attached hydrogen (secondary N) is 1. The third kappa shape index (κ3) is 3.10. The number of hydrogen-bond acceptors (Lipinski definition) is 3. The van der Waals surface area contributed by atoms with Crippen LogP contribution in [0.2, 0.25) is 0 Å². The lowest BCUT2D eigenvalue weighted by Gasteiger charge is -1.99. The highest BCUT2D eigenvalue weighted by Crippen LogP contribution is 2.32. The normalized spacial score (nSPS) is 9.50. The second-order valence-corrected chi connectivity index (χ2v) is 5.38. The molecular weight excluding hydrogens is 334 g/mol. The van der Waals surface area contributed by atoms with Crippen LogP contribution in [0.5, 0.6) is 0 Å². The number of hydroxylamine groups is 1. The van der Waals surface area contributed by atoms with Crippen molar-refractivity contribution in [1.29, 1.82) is 0 Å². The van der Waals surface area contributed by atoms with Crippen molar-refractivity contribution in [3.05, 3.63) is 19.2 Å². The maximum atomic E-state index is 11.3. The van der Waals surface area contributed by atoms with Crippen molar-refractivity contribution < 1.29 is 9.63 Å². The van der Waals surface area contributed by atoms with Gasteiger partial charge in [-0.25, -0.2) is 5.48 Å². The lowest BCUT2D eigenvalue weighted by Crippen LogP contribution is -2.22. The van der Waals surface area contributed by atoms with Crippen LogP contribution in [0.25, 0.3) is 0 Å². The van der Waals surface area contributed by atoms with Gasteiger partial charge in [-0.1, -0.05) is 5.92 Å². The molecule has 1 amide bonds. The molecule has 1 aromatic rings. The van der Waals surface area contributed by atoms with Crippen LogP contribution in [0.4, 0.5) is 0 Å². The fourth-order valence-corrected chi connectivity index (χ4v) is 2.57. The topological polar surface area (TPSA) is 38.3 Å². The fraction of sp³-hybridized carbons (Fsp3) is 0.125. The molecule has 3 nitrogen and oxygen atoms in total. The van der Waals surface area contributed by atoms with Crippen LogP contribution in [0.1, 0.15) is 9.67 Å². The summed E-state index contributed by atoms with van der Waals surface area (Å²) in [7, 11) is 0. The molecule has 0 spiro atoms. The van der Waals surface area contributed by atoms with Gasteiger partial charge in [-0.15, -0.1) is 17.8 Å². The fourth-order valence-electron chi connectivity index (χ4n) is 0.652. The Kier molecular flexibility index (Phi) is 4.62. The molecule has 1 rings (SSSR count). The van der Waals surface area contributed by atoms with Gasteiger partial charge in [0.1, 0.15) is 6.61 Å². The number of thiophene rings is 1. The van der Waals surface area contributed by atoms with Gasteiger partial charge in [-0.3, -0.25) is 9.63 Å². The van der Waals surface area contributed by atoms with Gasteiger partial charge in [0.25, 0.3) is 5.91 Å². The quantitative estimate of drug-likeness (QED) is 0.522. The predicted molar refractivity (Wildman–Crippen MR) is 62.0 cm³/mol. The zero-order valence-corrected chi connectivity index (χ0v) is 10.8. The molecule has 0 radical (unpaired) electrons. The molecule has 1 N–H and O–H groups in total. The first-order valence-electron chi connectivity index (χ1n) is 3.45. The Hall–Kier alpha value is -0.350. The number of halogens is 2. The molecule has 1 heterocycles. The molecule has 0 saturated carbocycles. The Morgan fingerprint density at radius 1 is 1.71 bits per heavy atom. The van der Waals surface area contributed by atoms with E-state index >= 15 is 0 Å². The molecule has 0 unspecified atom stereocenters. The Morgan fingerprint density at radius 2 is 2.43 bits per heavy atom. The van der Waals surface area contributed by atoms with Gasteiger partial charge in [0.15, 0.2) is 0 Å². The van der Waals surface area contributed by atoms with Crippen molar-refractivity contribution in [3.8, 4) is 12.3 Å². The molecule has 6 heteroatoms. The van der Waals surface area contributed by atoms with Crippen LogP contribution in [0, 0.1) is 12.3 Å². The Bertz CT molecular complexity index is 364. The lowest BCUT2D eigenvalue weighted by atomic mass is 10.5. The minimum absolute atomic E-state index is 0.0550. The van der Waals surface area contributed by atoms with E-state index in [0.29, 0.717) is 4.88 Å². The first-order chi connectivity index (χ1) is 6.65. The highest BCUT2D eigenvalue weighted by atomic mass is 79.9. The third-order valence-electron chi connectivity index (χ3n) is 1.19. The van der Waals surface area contributed by atoms with Gasteiger partial charge in [-0.05, 0) is 37.9 Å². The molecule has 74 valence electrons. The zero-order valence-electron chi connectivity index (χ0n) is 6.84. The average Bonchev–Trinajstić information content (AvgIpc) is 2.47. The lowest BCUT2D eigenvalue weighted by molar-refractivity contribution is 0.0442. The van der Waals surface area contributed by atoms with E-state index in [0.717, 1.165) is 8.26 Å². The number of amides is 1. The first kappa shape index (κ1) is 11.7. The van der Waals surface area contributed by atoms with Crippen molar-refractivity contribution in [2.24, 2.45) is 0 Å². The third-order valence-corrected chi connectivity index (χ3v) is 4.44. The van der Waals surface area contributed by atoms with Crippen molar-refractivity contribution in [2.75, 3.05) is 6.61 Å². The summed E-state index contributed by atoms with van der Waals surface area (Å²) in [4.78, 5) is 16.6. The summed E-state index contributed by atoms with van der Waals surface area (Å²) in [5.41, 5.74) is 2.23. The second kappa shape index (κ2) is 5.51. The highest BCUT2D eigenvalue weighted by Gasteiger charge is 2.11. The minimum Gasteiger partial charge on any atom is -0.266 e. The van der Waals surface area contributed by atoms with E-state index in [2.05, 4.69) is 48.1 Å². The van der Waals surface area contributed by atoms with Gasteiger partial charge in [-0.2, -0.15) is 0 Å². The Morgan fingerprint density at radius 3 is 2.93 bits per heavy atom. The molecule has 1 aromatic heterocycles. The Labute approximate surface area is 102 Å². The van der Waals surface area contributed by atoms with Crippen molar-refractivity contribution in [3.63, 3.8) is 0 Å². The van der Waals surface area contributed by atoms with Gasteiger partial charge < -0.3 is 0 Å². The van der Waals surface area contributed by atoms with Crippen LogP contribution >= 0.6 is 43.2 Å². The monoisotopic (exact) mass is 337 g/mol.